The Bertz CT molecular complexity index is 378. The van der Waals surface area contributed by atoms with E-state index in [0.717, 1.165) is 11.1 Å². The predicted molar refractivity (Wildman–Crippen MR) is 69.0 cm³/mol. The molecule has 0 aliphatic rings. The van der Waals surface area contributed by atoms with Gasteiger partial charge in [-0.3, -0.25) is 4.79 Å². The summed E-state index contributed by atoms with van der Waals surface area (Å²) < 4.78 is 0. The van der Waals surface area contributed by atoms with Crippen LogP contribution < -0.4 is 10.6 Å². The van der Waals surface area contributed by atoms with Gasteiger partial charge in [0.25, 0.3) is 0 Å². The number of carbonyl (C=O) groups excluding carboxylic acids is 1. The number of hydrogen-bond acceptors (Lipinski definition) is 4. The molecule has 0 saturated carbocycles. The van der Waals surface area contributed by atoms with E-state index in [1.807, 2.05) is 31.2 Å². The first-order chi connectivity index (χ1) is 8.65. The van der Waals surface area contributed by atoms with E-state index < -0.39 is 6.04 Å². The Morgan fingerprint density at radius 2 is 2.06 bits per heavy atom. The van der Waals surface area contributed by atoms with Gasteiger partial charge in [-0.1, -0.05) is 29.8 Å². The molecule has 4 N–H and O–H groups in total. The van der Waals surface area contributed by atoms with Crippen molar-refractivity contribution in [3.05, 3.63) is 35.4 Å². The van der Waals surface area contributed by atoms with Crippen LogP contribution in [0, 0.1) is 6.92 Å². The van der Waals surface area contributed by atoms with Gasteiger partial charge in [-0.25, -0.2) is 0 Å². The third-order valence-electron chi connectivity index (χ3n) is 2.56. The van der Waals surface area contributed by atoms with Crippen LogP contribution in [0.4, 0.5) is 0 Å². The number of aliphatic hydroxyl groups is 2. The molecular formula is C13H20N2O3. The minimum absolute atomic E-state index is 0.0810. The van der Waals surface area contributed by atoms with Crippen molar-refractivity contribution in [1.82, 2.24) is 10.6 Å². The molecule has 1 rings (SSSR count). The molecule has 0 fully saturated rings. The van der Waals surface area contributed by atoms with Crippen LogP contribution in [-0.2, 0) is 11.3 Å². The average Bonchev–Trinajstić information content (AvgIpc) is 2.37. The highest BCUT2D eigenvalue weighted by Crippen LogP contribution is 2.02. The Morgan fingerprint density at radius 3 is 2.67 bits per heavy atom. The van der Waals surface area contributed by atoms with Crippen LogP contribution >= 0.6 is 0 Å². The van der Waals surface area contributed by atoms with Gasteiger partial charge < -0.3 is 20.8 Å². The Balaban J connectivity index is 2.29. The van der Waals surface area contributed by atoms with Gasteiger partial charge in [-0.2, -0.15) is 0 Å². The number of hydrogen-bond donors (Lipinski definition) is 4. The van der Waals surface area contributed by atoms with Crippen molar-refractivity contribution < 1.29 is 15.0 Å². The van der Waals surface area contributed by atoms with Crippen molar-refractivity contribution in [1.29, 1.82) is 0 Å². The van der Waals surface area contributed by atoms with Gasteiger partial charge in [-0.15, -0.1) is 0 Å². The lowest BCUT2D eigenvalue weighted by Crippen LogP contribution is -2.42. The van der Waals surface area contributed by atoms with E-state index >= 15 is 0 Å². The third-order valence-corrected chi connectivity index (χ3v) is 2.56. The minimum Gasteiger partial charge on any atom is -0.395 e. The molecule has 0 spiro atoms. The molecule has 5 nitrogen and oxygen atoms in total. The molecule has 0 bridgehead atoms. The summed E-state index contributed by atoms with van der Waals surface area (Å²) in [6.07, 6.45) is 0. The van der Waals surface area contributed by atoms with E-state index in [-0.39, 0.29) is 25.7 Å². The first kappa shape index (κ1) is 14.6. The van der Waals surface area contributed by atoms with Gasteiger partial charge >= 0.3 is 0 Å². The fraction of sp³-hybridized carbons (Fsp3) is 0.462. The second kappa shape index (κ2) is 7.81. The van der Waals surface area contributed by atoms with Gasteiger partial charge in [0, 0.05) is 6.54 Å². The van der Waals surface area contributed by atoms with E-state index in [4.69, 9.17) is 10.2 Å². The van der Waals surface area contributed by atoms with Crippen LogP contribution in [0.1, 0.15) is 11.1 Å². The van der Waals surface area contributed by atoms with Crippen LogP contribution in [0.2, 0.25) is 0 Å². The zero-order valence-electron chi connectivity index (χ0n) is 10.5. The molecule has 1 aromatic carbocycles. The maximum atomic E-state index is 11.5. The molecule has 1 amide bonds. The molecule has 0 atom stereocenters. The lowest BCUT2D eigenvalue weighted by Gasteiger charge is -2.13. The van der Waals surface area contributed by atoms with Crippen molar-refractivity contribution in [2.45, 2.75) is 19.5 Å². The lowest BCUT2D eigenvalue weighted by atomic mass is 10.1. The number of benzene rings is 1. The molecule has 0 heterocycles. The van der Waals surface area contributed by atoms with Crippen molar-refractivity contribution >= 4 is 5.91 Å². The molecule has 1 aromatic rings. The van der Waals surface area contributed by atoms with Gasteiger partial charge in [0.2, 0.25) is 5.91 Å². The second-order valence-corrected chi connectivity index (χ2v) is 4.21. The molecule has 100 valence electrons. The largest absolute Gasteiger partial charge is 0.395 e. The van der Waals surface area contributed by atoms with E-state index in [0.29, 0.717) is 6.54 Å². The normalized spacial score (nSPS) is 10.7. The number of rotatable bonds is 7. The third kappa shape index (κ3) is 5.27. The Labute approximate surface area is 107 Å². The lowest BCUT2D eigenvalue weighted by molar-refractivity contribution is -0.120. The summed E-state index contributed by atoms with van der Waals surface area (Å²) >= 11 is 0. The van der Waals surface area contributed by atoms with E-state index in [1.54, 1.807) is 0 Å². The van der Waals surface area contributed by atoms with Gasteiger partial charge in [0.1, 0.15) is 0 Å². The van der Waals surface area contributed by atoms with E-state index in [2.05, 4.69) is 10.6 Å². The highest BCUT2D eigenvalue weighted by molar-refractivity contribution is 5.78. The zero-order chi connectivity index (χ0) is 13.4. The summed E-state index contributed by atoms with van der Waals surface area (Å²) in [4.78, 5) is 11.5. The molecule has 18 heavy (non-hydrogen) atoms. The number of aliphatic hydroxyl groups excluding tert-OH is 2. The van der Waals surface area contributed by atoms with Crippen molar-refractivity contribution in [2.24, 2.45) is 0 Å². The number of amides is 1. The molecule has 0 aliphatic heterocycles. The SMILES string of the molecule is Cc1cccc(CNC(=O)CNC(CO)CO)c1. The Kier molecular flexibility index (Phi) is 6.35. The van der Waals surface area contributed by atoms with Gasteiger partial charge in [0.15, 0.2) is 0 Å². The number of nitrogens with one attached hydrogen (secondary N) is 2. The predicted octanol–water partition coefficient (Wildman–Crippen LogP) is -0.446. The first-order valence-electron chi connectivity index (χ1n) is 5.93. The van der Waals surface area contributed by atoms with Gasteiger partial charge in [0.05, 0.1) is 25.8 Å². The van der Waals surface area contributed by atoms with Crippen LogP contribution in [0.15, 0.2) is 24.3 Å². The fourth-order valence-corrected chi connectivity index (χ4v) is 1.51. The first-order valence-corrected chi connectivity index (χ1v) is 5.93. The highest BCUT2D eigenvalue weighted by Gasteiger charge is 2.07. The van der Waals surface area contributed by atoms with Crippen LogP contribution in [0.25, 0.3) is 0 Å². The van der Waals surface area contributed by atoms with Crippen molar-refractivity contribution in [3.63, 3.8) is 0 Å². The Morgan fingerprint density at radius 1 is 1.33 bits per heavy atom. The average molecular weight is 252 g/mol. The number of aryl methyl sites for hydroxylation is 1. The van der Waals surface area contributed by atoms with E-state index in [1.165, 1.54) is 0 Å². The fourth-order valence-electron chi connectivity index (χ4n) is 1.51. The molecule has 0 unspecified atom stereocenters. The minimum atomic E-state index is -0.449. The zero-order valence-corrected chi connectivity index (χ0v) is 10.5. The molecular weight excluding hydrogens is 232 g/mol. The van der Waals surface area contributed by atoms with E-state index in [9.17, 15) is 4.79 Å². The van der Waals surface area contributed by atoms with Crippen molar-refractivity contribution in [2.75, 3.05) is 19.8 Å². The molecule has 0 aromatic heterocycles. The van der Waals surface area contributed by atoms with Crippen molar-refractivity contribution in [3.8, 4) is 0 Å². The van der Waals surface area contributed by atoms with Crippen LogP contribution in [0.3, 0.4) is 0 Å². The summed E-state index contributed by atoms with van der Waals surface area (Å²) in [7, 11) is 0. The highest BCUT2D eigenvalue weighted by atomic mass is 16.3. The summed E-state index contributed by atoms with van der Waals surface area (Å²) in [5.41, 5.74) is 2.20. The summed E-state index contributed by atoms with van der Waals surface area (Å²) in [6, 6.07) is 7.46. The molecule has 0 saturated heterocycles. The quantitative estimate of drug-likeness (QED) is 0.530. The molecule has 5 heteroatoms. The smallest absolute Gasteiger partial charge is 0.234 e. The number of carbonyl (C=O) groups is 1. The summed E-state index contributed by atoms with van der Waals surface area (Å²) in [5.74, 6) is -0.164. The summed E-state index contributed by atoms with van der Waals surface area (Å²) in [6.45, 7) is 2.17. The summed E-state index contributed by atoms with van der Waals surface area (Å²) in [5, 5.41) is 23.2. The standard InChI is InChI=1S/C13H20N2O3/c1-10-3-2-4-11(5-10)6-15-13(18)7-14-12(8-16)9-17/h2-5,12,14,16-17H,6-9H2,1H3,(H,15,18). The van der Waals surface area contributed by atoms with Crippen LogP contribution in [0.5, 0.6) is 0 Å². The Hall–Kier alpha value is -1.43. The van der Waals surface area contributed by atoms with Gasteiger partial charge in [-0.05, 0) is 12.5 Å². The topological polar surface area (TPSA) is 81.6 Å². The maximum absolute atomic E-state index is 11.5. The second-order valence-electron chi connectivity index (χ2n) is 4.21. The van der Waals surface area contributed by atoms with Crippen LogP contribution in [-0.4, -0.2) is 41.9 Å². The molecule has 0 radical (unpaired) electrons. The molecule has 0 aliphatic carbocycles. The monoisotopic (exact) mass is 252 g/mol. The maximum Gasteiger partial charge on any atom is 0.234 e.